The number of rotatable bonds is 4. The van der Waals surface area contributed by atoms with Gasteiger partial charge in [0.2, 0.25) is 5.91 Å². The maximum Gasteiger partial charge on any atom is 0.329 e. The van der Waals surface area contributed by atoms with E-state index >= 15 is 0 Å². The normalized spacial score (nSPS) is 12.1. The summed E-state index contributed by atoms with van der Waals surface area (Å²) in [6, 6.07) is 13.5. The molecule has 3 aromatic rings. The van der Waals surface area contributed by atoms with Crippen LogP contribution in [0.2, 0.25) is 5.02 Å². The van der Waals surface area contributed by atoms with Crippen molar-refractivity contribution in [3.05, 3.63) is 80.0 Å². The van der Waals surface area contributed by atoms with Crippen molar-refractivity contribution in [2.75, 3.05) is 0 Å². The molecule has 0 unspecified atom stereocenters. The molecule has 0 spiro atoms. The van der Waals surface area contributed by atoms with Crippen LogP contribution in [0.3, 0.4) is 0 Å². The standard InChI is InChI=1S/C18H16ClN3O3/c1-11(12-6-8-13(19)9-7-12)20-16(23)10-22-17(24)14-4-2-3-5-15(14)21-18(22)25/h2-9,11H,10H2,1H3,(H,20,23)(H,21,25)/t11-/m0/s1. The predicted octanol–water partition coefficient (Wildman–Crippen LogP) is 2.22. The molecule has 0 saturated carbocycles. The van der Waals surface area contributed by atoms with Crippen LogP contribution in [0.15, 0.2) is 58.1 Å². The molecule has 0 aliphatic rings. The molecule has 0 saturated heterocycles. The zero-order chi connectivity index (χ0) is 18.0. The Morgan fingerprint density at radius 2 is 1.84 bits per heavy atom. The number of halogens is 1. The van der Waals surface area contributed by atoms with Gasteiger partial charge in [-0.1, -0.05) is 35.9 Å². The van der Waals surface area contributed by atoms with Gasteiger partial charge in [0, 0.05) is 5.02 Å². The zero-order valence-electron chi connectivity index (χ0n) is 13.5. The largest absolute Gasteiger partial charge is 0.348 e. The van der Waals surface area contributed by atoms with E-state index in [1.54, 1.807) is 36.4 Å². The fraction of sp³-hybridized carbons (Fsp3) is 0.167. The molecule has 2 N–H and O–H groups in total. The minimum Gasteiger partial charge on any atom is -0.348 e. The van der Waals surface area contributed by atoms with Gasteiger partial charge >= 0.3 is 5.69 Å². The van der Waals surface area contributed by atoms with E-state index in [1.807, 2.05) is 19.1 Å². The summed E-state index contributed by atoms with van der Waals surface area (Å²) in [5.74, 6) is -0.426. The Morgan fingerprint density at radius 3 is 2.56 bits per heavy atom. The average Bonchev–Trinajstić information content (AvgIpc) is 2.59. The van der Waals surface area contributed by atoms with Crippen molar-refractivity contribution in [2.45, 2.75) is 19.5 Å². The highest BCUT2D eigenvalue weighted by molar-refractivity contribution is 6.30. The lowest BCUT2D eigenvalue weighted by Gasteiger charge is -2.15. The highest BCUT2D eigenvalue weighted by atomic mass is 35.5. The Bertz CT molecular complexity index is 1040. The van der Waals surface area contributed by atoms with Crippen molar-refractivity contribution in [3.63, 3.8) is 0 Å². The van der Waals surface area contributed by atoms with Gasteiger partial charge in [-0.15, -0.1) is 0 Å². The Hall–Kier alpha value is -2.86. The second kappa shape index (κ2) is 6.94. The molecule has 25 heavy (non-hydrogen) atoms. The number of carbonyl (C=O) groups is 1. The van der Waals surface area contributed by atoms with Gasteiger partial charge in [-0.3, -0.25) is 14.2 Å². The number of hydrogen-bond acceptors (Lipinski definition) is 3. The number of fused-ring (bicyclic) bond motifs is 1. The van der Waals surface area contributed by atoms with Crippen LogP contribution in [-0.2, 0) is 11.3 Å². The highest BCUT2D eigenvalue weighted by Gasteiger charge is 2.14. The molecule has 1 amide bonds. The number of nitrogens with zero attached hydrogens (tertiary/aromatic N) is 1. The number of carbonyl (C=O) groups excluding carboxylic acids is 1. The molecule has 6 nitrogen and oxygen atoms in total. The Balaban J connectivity index is 1.81. The fourth-order valence-electron chi connectivity index (χ4n) is 2.61. The van der Waals surface area contributed by atoms with Crippen molar-refractivity contribution in [3.8, 4) is 0 Å². The van der Waals surface area contributed by atoms with Crippen LogP contribution >= 0.6 is 11.6 Å². The predicted molar refractivity (Wildman–Crippen MR) is 96.8 cm³/mol. The monoisotopic (exact) mass is 357 g/mol. The first-order chi connectivity index (χ1) is 12.0. The molecule has 2 aromatic carbocycles. The molecule has 128 valence electrons. The Morgan fingerprint density at radius 1 is 1.16 bits per heavy atom. The van der Waals surface area contributed by atoms with Crippen molar-refractivity contribution in [1.29, 1.82) is 0 Å². The maximum absolute atomic E-state index is 12.4. The van der Waals surface area contributed by atoms with Crippen LogP contribution in [0.25, 0.3) is 10.9 Å². The summed E-state index contributed by atoms with van der Waals surface area (Å²) in [5.41, 5.74) is 0.216. The van der Waals surface area contributed by atoms with Gasteiger partial charge in [0.25, 0.3) is 5.56 Å². The summed E-state index contributed by atoms with van der Waals surface area (Å²) < 4.78 is 0.895. The summed E-state index contributed by atoms with van der Waals surface area (Å²) in [6.07, 6.45) is 0. The number of aromatic nitrogens is 2. The van der Waals surface area contributed by atoms with Crippen LogP contribution < -0.4 is 16.6 Å². The highest BCUT2D eigenvalue weighted by Crippen LogP contribution is 2.15. The van der Waals surface area contributed by atoms with E-state index < -0.39 is 17.2 Å². The second-order valence-electron chi connectivity index (χ2n) is 5.71. The third-order valence-corrected chi connectivity index (χ3v) is 4.19. The number of aromatic amines is 1. The molecular formula is C18H16ClN3O3. The molecule has 0 aliphatic heterocycles. The van der Waals surface area contributed by atoms with Gasteiger partial charge in [-0.05, 0) is 36.8 Å². The lowest BCUT2D eigenvalue weighted by Crippen LogP contribution is -2.41. The van der Waals surface area contributed by atoms with E-state index in [4.69, 9.17) is 11.6 Å². The SMILES string of the molecule is C[C@H](NC(=O)Cn1c(=O)[nH]c2ccccc2c1=O)c1ccc(Cl)cc1. The quantitative estimate of drug-likeness (QED) is 0.751. The van der Waals surface area contributed by atoms with Gasteiger partial charge in [-0.25, -0.2) is 4.79 Å². The summed E-state index contributed by atoms with van der Waals surface area (Å²) in [7, 11) is 0. The first-order valence-electron chi connectivity index (χ1n) is 7.72. The smallest absolute Gasteiger partial charge is 0.329 e. The number of amides is 1. The fourth-order valence-corrected chi connectivity index (χ4v) is 2.73. The van der Waals surface area contributed by atoms with Crippen LogP contribution in [0.4, 0.5) is 0 Å². The summed E-state index contributed by atoms with van der Waals surface area (Å²) in [6.45, 7) is 1.46. The number of para-hydroxylation sites is 1. The third kappa shape index (κ3) is 3.64. The minimum absolute atomic E-state index is 0.278. The van der Waals surface area contributed by atoms with Crippen LogP contribution in [-0.4, -0.2) is 15.5 Å². The Labute approximate surface area is 148 Å². The second-order valence-corrected chi connectivity index (χ2v) is 6.14. The van der Waals surface area contributed by atoms with Crippen molar-refractivity contribution in [2.24, 2.45) is 0 Å². The first kappa shape index (κ1) is 17.0. The van der Waals surface area contributed by atoms with Gasteiger partial charge in [0.05, 0.1) is 16.9 Å². The Kier molecular flexibility index (Phi) is 4.72. The van der Waals surface area contributed by atoms with Crippen molar-refractivity contribution < 1.29 is 4.79 Å². The van der Waals surface area contributed by atoms with Gasteiger partial charge in [0.1, 0.15) is 6.54 Å². The van der Waals surface area contributed by atoms with E-state index in [0.717, 1.165) is 10.1 Å². The van der Waals surface area contributed by atoms with Crippen molar-refractivity contribution >= 4 is 28.4 Å². The molecule has 0 bridgehead atoms. The minimum atomic E-state index is -0.613. The number of hydrogen-bond donors (Lipinski definition) is 2. The number of nitrogens with one attached hydrogen (secondary N) is 2. The van der Waals surface area contributed by atoms with Gasteiger partial charge in [-0.2, -0.15) is 0 Å². The first-order valence-corrected chi connectivity index (χ1v) is 8.10. The summed E-state index contributed by atoms with van der Waals surface area (Å²) >= 11 is 5.85. The molecular weight excluding hydrogens is 342 g/mol. The summed E-state index contributed by atoms with van der Waals surface area (Å²) in [4.78, 5) is 39.4. The molecule has 0 aliphatic carbocycles. The van der Waals surface area contributed by atoms with Gasteiger partial charge in [0.15, 0.2) is 0 Å². The molecule has 0 radical (unpaired) electrons. The summed E-state index contributed by atoms with van der Waals surface area (Å²) in [5, 5.41) is 3.74. The van der Waals surface area contributed by atoms with E-state index in [9.17, 15) is 14.4 Å². The topological polar surface area (TPSA) is 84.0 Å². The lowest BCUT2D eigenvalue weighted by atomic mass is 10.1. The van der Waals surface area contributed by atoms with Gasteiger partial charge < -0.3 is 10.3 Å². The van der Waals surface area contributed by atoms with E-state index in [2.05, 4.69) is 10.3 Å². The van der Waals surface area contributed by atoms with Crippen LogP contribution in [0.1, 0.15) is 18.5 Å². The van der Waals surface area contributed by atoms with Crippen LogP contribution in [0, 0.1) is 0 Å². The van der Waals surface area contributed by atoms with E-state index in [0.29, 0.717) is 15.9 Å². The molecule has 1 heterocycles. The average molecular weight is 358 g/mol. The molecule has 7 heteroatoms. The lowest BCUT2D eigenvalue weighted by molar-refractivity contribution is -0.122. The van der Waals surface area contributed by atoms with E-state index in [-0.39, 0.29) is 12.6 Å². The maximum atomic E-state index is 12.4. The number of H-pyrrole nitrogens is 1. The third-order valence-electron chi connectivity index (χ3n) is 3.94. The molecule has 1 aromatic heterocycles. The zero-order valence-corrected chi connectivity index (χ0v) is 14.2. The van der Waals surface area contributed by atoms with Crippen molar-refractivity contribution in [1.82, 2.24) is 14.9 Å². The molecule has 3 rings (SSSR count). The van der Waals surface area contributed by atoms with E-state index in [1.165, 1.54) is 0 Å². The molecule has 1 atom stereocenters. The number of benzene rings is 2. The van der Waals surface area contributed by atoms with Crippen LogP contribution in [0.5, 0.6) is 0 Å². The molecule has 0 fully saturated rings.